The van der Waals surface area contributed by atoms with Crippen LogP contribution in [0.3, 0.4) is 0 Å². The van der Waals surface area contributed by atoms with Gasteiger partial charge in [0.15, 0.2) is 16.9 Å². The zero-order valence-corrected chi connectivity index (χ0v) is 24.9. The van der Waals surface area contributed by atoms with Crippen LogP contribution in [-0.4, -0.2) is 82.0 Å². The van der Waals surface area contributed by atoms with Gasteiger partial charge in [-0.25, -0.2) is 23.0 Å². The van der Waals surface area contributed by atoms with Gasteiger partial charge in [-0.3, -0.25) is 9.52 Å². The molecule has 5 rings (SSSR count). The number of anilines is 2. The Labute approximate surface area is 249 Å². The van der Waals surface area contributed by atoms with E-state index in [9.17, 15) is 26.4 Å². The Morgan fingerprint density at radius 1 is 1.16 bits per heavy atom. The number of pyridine rings is 2. The third-order valence-corrected chi connectivity index (χ3v) is 9.27. The number of hydrogen-bond acceptors (Lipinski definition) is 8. The normalized spacial score (nSPS) is 14.8. The number of piperazine rings is 1. The van der Waals surface area contributed by atoms with Crippen LogP contribution in [0.25, 0.3) is 22.2 Å². The summed E-state index contributed by atoms with van der Waals surface area (Å²) in [5, 5.41) is 3.51. The van der Waals surface area contributed by atoms with Gasteiger partial charge in [0, 0.05) is 86.0 Å². The van der Waals surface area contributed by atoms with Crippen molar-refractivity contribution in [3.05, 3.63) is 71.2 Å². The number of ketones is 1. The second-order valence-electron chi connectivity index (χ2n) is 9.87. The number of halogens is 2. The SMILES string of the molecule is CCN(C)S(=O)(=O)Nc1ccc(F)c(C(=O)c2c[nH]c3ncc(-c4cnc(N5CCNCC5)c(CS(=O)O)c4)cc23)c1F. The van der Waals surface area contributed by atoms with Crippen LogP contribution in [0.2, 0.25) is 0 Å². The number of carbonyl (C=O) groups excluding carboxylic acids is 1. The first-order valence-electron chi connectivity index (χ1n) is 13.3. The third kappa shape index (κ3) is 6.28. The molecule has 1 aromatic carbocycles. The predicted octanol–water partition coefficient (Wildman–Crippen LogP) is 2.87. The molecule has 1 atom stereocenters. The van der Waals surface area contributed by atoms with Crippen molar-refractivity contribution in [2.75, 3.05) is 49.4 Å². The highest BCUT2D eigenvalue weighted by Gasteiger charge is 2.27. The molecule has 43 heavy (non-hydrogen) atoms. The molecule has 12 nitrogen and oxygen atoms in total. The van der Waals surface area contributed by atoms with Crippen LogP contribution in [0.1, 0.15) is 28.4 Å². The predicted molar refractivity (Wildman–Crippen MR) is 160 cm³/mol. The van der Waals surface area contributed by atoms with Crippen LogP contribution in [0.15, 0.2) is 42.9 Å². The number of nitrogens with zero attached hydrogens (tertiary/aromatic N) is 4. The molecule has 228 valence electrons. The number of rotatable bonds is 10. The average molecular weight is 634 g/mol. The van der Waals surface area contributed by atoms with E-state index in [2.05, 4.69) is 25.0 Å². The van der Waals surface area contributed by atoms with E-state index in [0.717, 1.165) is 29.5 Å². The summed E-state index contributed by atoms with van der Waals surface area (Å²) in [4.78, 5) is 27.3. The van der Waals surface area contributed by atoms with E-state index >= 15 is 4.39 Å². The number of fused-ring (bicyclic) bond motifs is 1. The number of benzene rings is 1. The highest BCUT2D eigenvalue weighted by atomic mass is 32.2. The Kier molecular flexibility index (Phi) is 8.84. The van der Waals surface area contributed by atoms with Gasteiger partial charge >= 0.3 is 10.2 Å². The minimum absolute atomic E-state index is 0.0880. The fourth-order valence-corrected chi connectivity index (χ4v) is 6.18. The lowest BCUT2D eigenvalue weighted by Gasteiger charge is -2.30. The molecule has 0 saturated carbocycles. The molecule has 4 aromatic rings. The first-order chi connectivity index (χ1) is 20.5. The maximum Gasteiger partial charge on any atom is 0.301 e. The van der Waals surface area contributed by atoms with Crippen molar-refractivity contribution in [3.8, 4) is 11.1 Å². The van der Waals surface area contributed by atoms with Crippen molar-refractivity contribution in [1.82, 2.24) is 24.6 Å². The highest BCUT2D eigenvalue weighted by Crippen LogP contribution is 2.31. The lowest BCUT2D eigenvalue weighted by Crippen LogP contribution is -2.44. The number of aromatic nitrogens is 3. The van der Waals surface area contributed by atoms with Crippen LogP contribution >= 0.6 is 0 Å². The summed E-state index contributed by atoms with van der Waals surface area (Å²) in [5.41, 5.74) is 0.306. The van der Waals surface area contributed by atoms with Gasteiger partial charge in [0.25, 0.3) is 0 Å². The Balaban J connectivity index is 1.53. The maximum absolute atomic E-state index is 15.5. The molecule has 1 aliphatic heterocycles. The molecule has 0 aliphatic carbocycles. The first kappa shape index (κ1) is 30.6. The molecule has 0 bridgehead atoms. The van der Waals surface area contributed by atoms with Crippen LogP contribution in [0, 0.1) is 11.6 Å². The highest BCUT2D eigenvalue weighted by molar-refractivity contribution is 7.90. The molecule has 3 aromatic heterocycles. The van der Waals surface area contributed by atoms with Gasteiger partial charge < -0.3 is 19.8 Å². The smallest absolute Gasteiger partial charge is 0.301 e. The number of carbonyl (C=O) groups is 1. The molecule has 1 unspecified atom stereocenters. The molecule has 0 radical (unpaired) electrons. The quantitative estimate of drug-likeness (QED) is 0.152. The van der Waals surface area contributed by atoms with E-state index in [1.807, 2.05) is 4.90 Å². The van der Waals surface area contributed by atoms with E-state index in [0.29, 0.717) is 35.6 Å². The maximum atomic E-state index is 15.5. The van der Waals surface area contributed by atoms with Gasteiger partial charge in [-0.2, -0.15) is 12.7 Å². The zero-order valence-electron chi connectivity index (χ0n) is 23.2. The summed E-state index contributed by atoms with van der Waals surface area (Å²) < 4.78 is 79.6. The number of H-pyrrole nitrogens is 1. The third-order valence-electron chi connectivity index (χ3n) is 7.16. The second kappa shape index (κ2) is 12.4. The van der Waals surface area contributed by atoms with Crippen LogP contribution in [-0.2, 0) is 27.0 Å². The lowest BCUT2D eigenvalue weighted by molar-refractivity contribution is 0.103. The molecule has 16 heteroatoms. The Bertz CT molecular complexity index is 1830. The van der Waals surface area contributed by atoms with Gasteiger partial charge in [0.1, 0.15) is 17.3 Å². The largest absolute Gasteiger partial charge is 0.354 e. The Morgan fingerprint density at radius 3 is 2.56 bits per heavy atom. The number of aromatic amines is 1. The van der Waals surface area contributed by atoms with Crippen LogP contribution < -0.4 is 14.9 Å². The molecule has 1 aliphatic rings. The summed E-state index contributed by atoms with van der Waals surface area (Å²) in [6.45, 7) is 4.56. The number of nitrogens with one attached hydrogen (secondary N) is 3. The average Bonchev–Trinajstić information content (AvgIpc) is 3.41. The number of hydrogen-bond donors (Lipinski definition) is 4. The van der Waals surface area contributed by atoms with Crippen molar-refractivity contribution in [2.45, 2.75) is 12.7 Å². The lowest BCUT2D eigenvalue weighted by atomic mass is 10.00. The molecule has 1 fully saturated rings. The Morgan fingerprint density at radius 2 is 1.86 bits per heavy atom. The van der Waals surface area contributed by atoms with E-state index in [4.69, 9.17) is 0 Å². The fourth-order valence-electron chi connectivity index (χ4n) is 4.77. The van der Waals surface area contributed by atoms with Gasteiger partial charge in [-0.05, 0) is 24.3 Å². The second-order valence-corrected chi connectivity index (χ2v) is 12.6. The minimum atomic E-state index is -4.14. The molecule has 0 amide bonds. The monoisotopic (exact) mass is 633 g/mol. The summed E-state index contributed by atoms with van der Waals surface area (Å²) in [6.07, 6.45) is 4.39. The standard InChI is InChI=1S/C27H29F2N7O5S2/c1-3-35(2)43(40,41)34-22-5-4-21(28)23(24(22)29)25(37)20-14-32-26-19(20)11-17(12-31-26)16-10-18(15-42(38)39)27(33-13-16)36-8-6-30-7-9-36/h4-5,10-14,30,34H,3,6-9,15H2,1-2H3,(H,31,32)(H,38,39). The van der Waals surface area contributed by atoms with Crippen LogP contribution in [0.5, 0.6) is 0 Å². The minimum Gasteiger partial charge on any atom is -0.354 e. The Hall–Kier alpha value is -3.83. The van der Waals surface area contributed by atoms with E-state index in [1.165, 1.54) is 19.4 Å². The van der Waals surface area contributed by atoms with Crippen molar-refractivity contribution in [2.24, 2.45) is 0 Å². The topological polar surface area (TPSA) is 161 Å². The van der Waals surface area contributed by atoms with Gasteiger partial charge in [-0.15, -0.1) is 0 Å². The summed E-state index contributed by atoms with van der Waals surface area (Å²) in [7, 11) is -2.86. The summed E-state index contributed by atoms with van der Waals surface area (Å²) in [5.74, 6) is -3.08. The van der Waals surface area contributed by atoms with Gasteiger partial charge in [0.05, 0.1) is 17.0 Å². The fraction of sp³-hybridized carbons (Fsp3) is 0.296. The zero-order chi connectivity index (χ0) is 30.9. The molecule has 4 N–H and O–H groups in total. The van der Waals surface area contributed by atoms with Gasteiger partial charge in [-0.1, -0.05) is 6.92 Å². The summed E-state index contributed by atoms with van der Waals surface area (Å²) >= 11 is -2.12. The van der Waals surface area contributed by atoms with E-state index < -0.39 is 50.0 Å². The molecule has 4 heterocycles. The van der Waals surface area contributed by atoms with Crippen LogP contribution in [0.4, 0.5) is 20.3 Å². The molecule has 1 saturated heterocycles. The molecular weight excluding hydrogens is 604 g/mol. The summed E-state index contributed by atoms with van der Waals surface area (Å²) in [6, 6.07) is 5.06. The molecule has 0 spiro atoms. The van der Waals surface area contributed by atoms with E-state index in [-0.39, 0.29) is 28.9 Å². The van der Waals surface area contributed by atoms with Crippen molar-refractivity contribution in [1.29, 1.82) is 0 Å². The van der Waals surface area contributed by atoms with Crippen molar-refractivity contribution in [3.63, 3.8) is 0 Å². The van der Waals surface area contributed by atoms with Crippen molar-refractivity contribution < 1.29 is 30.8 Å². The van der Waals surface area contributed by atoms with E-state index in [1.54, 1.807) is 25.3 Å². The van der Waals surface area contributed by atoms with Gasteiger partial charge in [0.2, 0.25) is 5.78 Å². The van der Waals surface area contributed by atoms with Crippen molar-refractivity contribution >= 4 is 49.6 Å². The first-order valence-corrected chi connectivity index (χ1v) is 16.0. The molecular formula is C27H29F2N7O5S2.